The fraction of sp³-hybridized carbons (Fsp3) is 0.842. The SMILES string of the molecule is CCCCCCCC/C=C\CCCCCCCCN=C=O. The Morgan fingerprint density at radius 2 is 1.19 bits per heavy atom. The lowest BCUT2D eigenvalue weighted by atomic mass is 10.1. The molecule has 0 saturated heterocycles. The first-order chi connectivity index (χ1) is 10.4. The molecule has 2 heteroatoms. The number of unbranched alkanes of at least 4 members (excludes halogenated alkanes) is 12. The van der Waals surface area contributed by atoms with Crippen LogP contribution < -0.4 is 0 Å². The minimum absolute atomic E-state index is 0.657. The second-order valence-electron chi connectivity index (χ2n) is 5.91. The lowest BCUT2D eigenvalue weighted by molar-refractivity contribution is 0.559. The van der Waals surface area contributed by atoms with Crippen molar-refractivity contribution < 1.29 is 4.79 Å². The van der Waals surface area contributed by atoms with E-state index in [-0.39, 0.29) is 0 Å². The first kappa shape index (κ1) is 20.1. The zero-order chi connectivity index (χ0) is 15.4. The van der Waals surface area contributed by atoms with Crippen molar-refractivity contribution in [3.05, 3.63) is 12.2 Å². The van der Waals surface area contributed by atoms with Crippen LogP contribution in [0.1, 0.15) is 96.8 Å². The number of aliphatic imine (C=N–C) groups is 1. The highest BCUT2D eigenvalue weighted by atomic mass is 16.1. The number of hydrogen-bond donors (Lipinski definition) is 0. The van der Waals surface area contributed by atoms with Gasteiger partial charge in [-0.3, -0.25) is 0 Å². The predicted molar refractivity (Wildman–Crippen MR) is 92.4 cm³/mol. The molecule has 0 aromatic rings. The molecule has 0 atom stereocenters. The molecule has 0 bridgehead atoms. The molecular weight excluding hydrogens is 258 g/mol. The molecule has 2 nitrogen and oxygen atoms in total. The Labute approximate surface area is 132 Å². The molecule has 0 aliphatic rings. The van der Waals surface area contributed by atoms with E-state index in [4.69, 9.17) is 0 Å². The van der Waals surface area contributed by atoms with Crippen molar-refractivity contribution in [2.75, 3.05) is 6.54 Å². The summed E-state index contributed by atoms with van der Waals surface area (Å²) in [5.41, 5.74) is 0. The summed E-state index contributed by atoms with van der Waals surface area (Å²) in [4.78, 5) is 13.4. The highest BCUT2D eigenvalue weighted by Gasteiger charge is 1.91. The van der Waals surface area contributed by atoms with E-state index in [9.17, 15) is 4.79 Å². The average molecular weight is 293 g/mol. The molecule has 0 aliphatic heterocycles. The average Bonchev–Trinajstić information content (AvgIpc) is 2.50. The molecule has 0 saturated carbocycles. The number of rotatable bonds is 16. The van der Waals surface area contributed by atoms with E-state index in [2.05, 4.69) is 24.1 Å². The number of nitrogens with zero attached hydrogens (tertiary/aromatic N) is 1. The van der Waals surface area contributed by atoms with Gasteiger partial charge in [0.1, 0.15) is 0 Å². The van der Waals surface area contributed by atoms with Gasteiger partial charge in [0.2, 0.25) is 6.08 Å². The summed E-state index contributed by atoms with van der Waals surface area (Å²) in [6.07, 6.45) is 24.6. The molecule has 0 rings (SSSR count). The van der Waals surface area contributed by atoms with Crippen LogP contribution in [0.4, 0.5) is 0 Å². The van der Waals surface area contributed by atoms with Gasteiger partial charge in [0, 0.05) is 0 Å². The third kappa shape index (κ3) is 19.1. The lowest BCUT2D eigenvalue weighted by Gasteiger charge is -1.99. The minimum Gasteiger partial charge on any atom is -0.211 e. The van der Waals surface area contributed by atoms with Gasteiger partial charge in [0.25, 0.3) is 0 Å². The van der Waals surface area contributed by atoms with Crippen molar-refractivity contribution in [2.45, 2.75) is 96.8 Å². The smallest absolute Gasteiger partial charge is 0.211 e. The number of carbonyl (C=O) groups excluding carboxylic acids is 1. The molecule has 0 heterocycles. The van der Waals surface area contributed by atoms with Gasteiger partial charge >= 0.3 is 0 Å². The molecule has 21 heavy (non-hydrogen) atoms. The first-order valence-electron chi connectivity index (χ1n) is 9.10. The Morgan fingerprint density at radius 1 is 0.714 bits per heavy atom. The lowest BCUT2D eigenvalue weighted by Crippen LogP contribution is -1.83. The van der Waals surface area contributed by atoms with E-state index in [1.165, 1.54) is 83.5 Å². The Morgan fingerprint density at radius 3 is 1.71 bits per heavy atom. The molecule has 122 valence electrons. The predicted octanol–water partition coefficient (Wildman–Crippen LogP) is 6.36. The highest BCUT2D eigenvalue weighted by Crippen LogP contribution is 2.09. The van der Waals surface area contributed by atoms with Gasteiger partial charge in [-0.15, -0.1) is 0 Å². The molecule has 0 aromatic heterocycles. The third-order valence-corrected chi connectivity index (χ3v) is 3.85. The zero-order valence-electron chi connectivity index (χ0n) is 14.1. The van der Waals surface area contributed by atoms with Crippen molar-refractivity contribution in [1.29, 1.82) is 0 Å². The van der Waals surface area contributed by atoms with Crippen LogP contribution in [-0.2, 0) is 4.79 Å². The van der Waals surface area contributed by atoms with Gasteiger partial charge in [0.15, 0.2) is 0 Å². The Kier molecular flexibility index (Phi) is 18.3. The molecule has 0 amide bonds. The maximum absolute atomic E-state index is 9.87. The van der Waals surface area contributed by atoms with E-state index >= 15 is 0 Å². The van der Waals surface area contributed by atoms with E-state index < -0.39 is 0 Å². The second-order valence-corrected chi connectivity index (χ2v) is 5.91. The largest absolute Gasteiger partial charge is 0.234 e. The fourth-order valence-electron chi connectivity index (χ4n) is 2.48. The summed E-state index contributed by atoms with van der Waals surface area (Å²) in [5.74, 6) is 0. The molecule has 0 aromatic carbocycles. The summed E-state index contributed by atoms with van der Waals surface area (Å²) < 4.78 is 0. The quantitative estimate of drug-likeness (QED) is 0.141. The summed E-state index contributed by atoms with van der Waals surface area (Å²) in [6, 6.07) is 0. The normalized spacial score (nSPS) is 10.9. The number of allylic oxidation sites excluding steroid dienone is 2. The fourth-order valence-corrected chi connectivity index (χ4v) is 2.48. The minimum atomic E-state index is 0.657. The van der Waals surface area contributed by atoms with E-state index in [0.717, 1.165) is 6.42 Å². The molecular formula is C19H35NO. The zero-order valence-corrected chi connectivity index (χ0v) is 14.1. The molecule has 0 fully saturated rings. The summed E-state index contributed by atoms with van der Waals surface area (Å²) >= 11 is 0. The van der Waals surface area contributed by atoms with Gasteiger partial charge < -0.3 is 0 Å². The standard InChI is InChI=1S/C19H35NO/c1-2-3-4-5-6-7-8-9-10-11-12-13-14-15-16-17-18-20-19-21/h9-10H,2-8,11-18H2,1H3/b10-9-. The molecule has 0 unspecified atom stereocenters. The summed E-state index contributed by atoms with van der Waals surface area (Å²) in [6.45, 7) is 2.93. The van der Waals surface area contributed by atoms with Crippen molar-refractivity contribution in [2.24, 2.45) is 4.99 Å². The number of isocyanates is 1. The van der Waals surface area contributed by atoms with Gasteiger partial charge in [0.05, 0.1) is 6.54 Å². The monoisotopic (exact) mass is 293 g/mol. The maximum Gasteiger partial charge on any atom is 0.234 e. The van der Waals surface area contributed by atoms with Crippen LogP contribution in [0, 0.1) is 0 Å². The van der Waals surface area contributed by atoms with Gasteiger partial charge in [-0.2, -0.15) is 0 Å². The highest BCUT2D eigenvalue weighted by molar-refractivity contribution is 5.32. The second kappa shape index (κ2) is 19.1. The van der Waals surface area contributed by atoms with Crippen LogP contribution in [0.3, 0.4) is 0 Å². The first-order valence-corrected chi connectivity index (χ1v) is 9.10. The number of hydrogen-bond acceptors (Lipinski definition) is 2. The van der Waals surface area contributed by atoms with Crippen molar-refractivity contribution in [3.63, 3.8) is 0 Å². The molecule has 0 aliphatic carbocycles. The van der Waals surface area contributed by atoms with Crippen LogP contribution in [0.15, 0.2) is 17.1 Å². The maximum atomic E-state index is 9.87. The van der Waals surface area contributed by atoms with E-state index in [0.29, 0.717) is 6.54 Å². The van der Waals surface area contributed by atoms with Crippen LogP contribution in [0.25, 0.3) is 0 Å². The summed E-state index contributed by atoms with van der Waals surface area (Å²) in [5, 5.41) is 0. The van der Waals surface area contributed by atoms with Gasteiger partial charge in [-0.1, -0.05) is 76.9 Å². The Hall–Kier alpha value is -0.880. The Bertz CT molecular complexity index is 267. The van der Waals surface area contributed by atoms with Gasteiger partial charge in [-0.05, 0) is 32.1 Å². The van der Waals surface area contributed by atoms with Gasteiger partial charge in [-0.25, -0.2) is 9.79 Å². The van der Waals surface area contributed by atoms with Crippen LogP contribution in [-0.4, -0.2) is 12.6 Å². The van der Waals surface area contributed by atoms with Crippen molar-refractivity contribution >= 4 is 6.08 Å². The molecule has 0 radical (unpaired) electrons. The van der Waals surface area contributed by atoms with E-state index in [1.807, 2.05) is 0 Å². The van der Waals surface area contributed by atoms with Crippen molar-refractivity contribution in [1.82, 2.24) is 0 Å². The topological polar surface area (TPSA) is 29.4 Å². The van der Waals surface area contributed by atoms with Crippen LogP contribution >= 0.6 is 0 Å². The Balaban J connectivity index is 3.06. The van der Waals surface area contributed by atoms with Crippen LogP contribution in [0.2, 0.25) is 0 Å². The van der Waals surface area contributed by atoms with Crippen LogP contribution in [0.5, 0.6) is 0 Å². The van der Waals surface area contributed by atoms with Crippen molar-refractivity contribution in [3.8, 4) is 0 Å². The summed E-state index contributed by atoms with van der Waals surface area (Å²) in [7, 11) is 0. The molecule has 0 N–H and O–H groups in total. The molecule has 0 spiro atoms. The van der Waals surface area contributed by atoms with E-state index in [1.54, 1.807) is 6.08 Å². The third-order valence-electron chi connectivity index (χ3n) is 3.85.